The minimum Gasteiger partial charge on any atom is -0.497 e. The van der Waals surface area contributed by atoms with E-state index in [-0.39, 0.29) is 44.4 Å². The summed E-state index contributed by atoms with van der Waals surface area (Å²) in [5, 5.41) is 2.79. The monoisotopic (exact) mass is 842 g/mol. The molecule has 3 fully saturated rings. The third-order valence-corrected chi connectivity index (χ3v) is 12.6. The second-order valence-electron chi connectivity index (χ2n) is 17.1. The van der Waals surface area contributed by atoms with E-state index in [2.05, 4.69) is 16.6 Å². The van der Waals surface area contributed by atoms with Gasteiger partial charge in [-0.15, -0.1) is 6.58 Å². The zero-order valence-corrected chi connectivity index (χ0v) is 35.8. The topological polar surface area (TPSA) is 187 Å². The van der Waals surface area contributed by atoms with Crippen LogP contribution in [0, 0.1) is 11.8 Å². The van der Waals surface area contributed by atoms with E-state index in [9.17, 15) is 32.4 Å². The van der Waals surface area contributed by atoms with Crippen LogP contribution in [0.2, 0.25) is 0 Å². The molecule has 1 unspecified atom stereocenters. The number of pyridine rings is 1. The zero-order valence-electron chi connectivity index (χ0n) is 35.0. The molecule has 2 aliphatic carbocycles. The van der Waals surface area contributed by atoms with E-state index >= 15 is 0 Å². The Morgan fingerprint density at radius 3 is 2.38 bits per heavy atom. The third kappa shape index (κ3) is 10.4. The van der Waals surface area contributed by atoms with Gasteiger partial charge in [0.05, 0.1) is 36.5 Å². The van der Waals surface area contributed by atoms with Crippen LogP contribution in [0.25, 0.3) is 22.2 Å². The normalized spacial score (nSPS) is 21.6. The number of hydrogen-bond donors (Lipinski definition) is 2. The summed E-state index contributed by atoms with van der Waals surface area (Å²) in [6.45, 7) is 12.4. The number of aromatic nitrogens is 1. The second-order valence-corrected chi connectivity index (χ2v) is 19.1. The van der Waals surface area contributed by atoms with Crippen LogP contribution in [0.5, 0.6) is 11.5 Å². The smallest absolute Gasteiger partial charge is 0.307 e. The van der Waals surface area contributed by atoms with E-state index in [1.807, 2.05) is 36.4 Å². The lowest BCUT2D eigenvalue weighted by molar-refractivity contribution is -0.159. The number of esters is 1. The van der Waals surface area contributed by atoms with E-state index < -0.39 is 74.1 Å². The number of carbonyl (C=O) groups excluding carboxylic acids is 5. The molecule has 1 aromatic heterocycles. The fraction of sp³-hybridized carbons (Fsp3) is 0.467. The maximum Gasteiger partial charge on any atom is 0.307 e. The number of ether oxygens (including phenoxy) is 3. The standard InChI is InChI=1S/C45H54N4O10S/c1-8-30-25-45(30,43(54)48-60(55,56)34-17-18-34)47-41(52)38-23-33(26-49(38)42(53)29(14-15-31(50)20-27(2)3)21-40(51)59-44(4,5)6)58-39-24-36(28-12-10-9-11-13-28)46-37-22-32(57-7)16-19-35(37)39/h8-13,16,19-20,22,24,29-30,33-34,38H,1,14-15,17-18,21,23,25-26H2,2-7H3,(H,47,52)(H,48,54)/t29-,30-,33?,38+,45-/m1/s1. The summed E-state index contributed by atoms with van der Waals surface area (Å²) < 4.78 is 45.6. The summed E-state index contributed by atoms with van der Waals surface area (Å²) >= 11 is 0. The minimum atomic E-state index is -3.94. The van der Waals surface area contributed by atoms with Gasteiger partial charge in [0, 0.05) is 47.8 Å². The van der Waals surface area contributed by atoms with Crippen molar-refractivity contribution >= 4 is 50.4 Å². The van der Waals surface area contributed by atoms with E-state index in [0.29, 0.717) is 40.9 Å². The average molecular weight is 843 g/mol. The molecule has 3 aliphatic rings. The predicted molar refractivity (Wildman–Crippen MR) is 225 cm³/mol. The lowest BCUT2D eigenvalue weighted by Crippen LogP contribution is -2.57. The highest BCUT2D eigenvalue weighted by Crippen LogP contribution is 2.46. The Morgan fingerprint density at radius 1 is 1.05 bits per heavy atom. The molecule has 320 valence electrons. The summed E-state index contributed by atoms with van der Waals surface area (Å²) in [6, 6.07) is 15.5. The Kier molecular flexibility index (Phi) is 12.9. The van der Waals surface area contributed by atoms with Crippen molar-refractivity contribution in [2.75, 3.05) is 13.7 Å². The van der Waals surface area contributed by atoms with Gasteiger partial charge in [-0.1, -0.05) is 42.0 Å². The van der Waals surface area contributed by atoms with Gasteiger partial charge in [0.25, 0.3) is 5.91 Å². The van der Waals surface area contributed by atoms with Crippen molar-refractivity contribution in [3.8, 4) is 22.8 Å². The van der Waals surface area contributed by atoms with E-state index in [4.69, 9.17) is 19.2 Å². The summed E-state index contributed by atoms with van der Waals surface area (Å²) in [4.78, 5) is 75.3. The van der Waals surface area contributed by atoms with Crippen LogP contribution in [0.1, 0.15) is 79.6 Å². The Labute approximate surface area is 351 Å². The maximum atomic E-state index is 14.8. The van der Waals surface area contributed by atoms with Gasteiger partial charge in [-0.3, -0.25) is 28.7 Å². The van der Waals surface area contributed by atoms with Crippen molar-refractivity contribution in [2.45, 2.75) is 108 Å². The number of carbonyl (C=O) groups is 5. The summed E-state index contributed by atoms with van der Waals surface area (Å²) in [5.74, 6) is -3.60. The van der Waals surface area contributed by atoms with Crippen LogP contribution in [0.3, 0.4) is 0 Å². The Balaban J connectivity index is 1.35. The highest BCUT2D eigenvalue weighted by Gasteiger charge is 2.62. The number of ketones is 1. The van der Waals surface area contributed by atoms with Gasteiger partial charge in [0.2, 0.25) is 21.8 Å². The molecule has 0 bridgehead atoms. The summed E-state index contributed by atoms with van der Waals surface area (Å²) in [7, 11) is -2.39. The number of hydrogen-bond acceptors (Lipinski definition) is 11. The van der Waals surface area contributed by atoms with Crippen molar-refractivity contribution in [1.82, 2.24) is 19.9 Å². The molecule has 1 aliphatic heterocycles. The molecule has 0 radical (unpaired) electrons. The molecule has 0 spiro atoms. The SMILES string of the molecule is C=C[C@@H]1C[C@]1(NC(=O)[C@@H]1CC(Oc2cc(-c3ccccc3)nc3cc(OC)ccc23)CN1C(=O)[C@H](CCC(=O)C=C(C)C)CC(=O)OC(C)(C)C)C(=O)NS(=O)(=O)C1CC1. The number of fused-ring (bicyclic) bond motifs is 1. The zero-order chi connectivity index (χ0) is 43.6. The molecule has 3 amide bonds. The highest BCUT2D eigenvalue weighted by molar-refractivity contribution is 7.91. The molecule has 15 heteroatoms. The Morgan fingerprint density at radius 2 is 1.77 bits per heavy atom. The molecule has 2 saturated carbocycles. The highest BCUT2D eigenvalue weighted by atomic mass is 32.2. The predicted octanol–water partition coefficient (Wildman–Crippen LogP) is 5.59. The lowest BCUT2D eigenvalue weighted by atomic mass is 9.95. The molecule has 3 aromatic rings. The van der Waals surface area contributed by atoms with Gasteiger partial charge in [-0.05, 0) is 78.5 Å². The lowest BCUT2D eigenvalue weighted by Gasteiger charge is -2.30. The number of amides is 3. The number of allylic oxidation sites excluding steroid dienone is 2. The molecule has 2 aromatic carbocycles. The molecule has 14 nitrogen and oxygen atoms in total. The van der Waals surface area contributed by atoms with Crippen LogP contribution >= 0.6 is 0 Å². The van der Waals surface area contributed by atoms with Crippen LogP contribution in [-0.4, -0.2) is 90.0 Å². The van der Waals surface area contributed by atoms with Crippen LogP contribution in [0.15, 0.2) is 78.9 Å². The molecule has 2 N–H and O–H groups in total. The van der Waals surface area contributed by atoms with E-state index in [1.54, 1.807) is 59.9 Å². The fourth-order valence-electron chi connectivity index (χ4n) is 7.57. The molecule has 5 atom stereocenters. The molecule has 1 saturated heterocycles. The number of nitrogens with zero attached hydrogens (tertiary/aromatic N) is 2. The van der Waals surface area contributed by atoms with Gasteiger partial charge >= 0.3 is 5.97 Å². The van der Waals surface area contributed by atoms with Gasteiger partial charge in [0.1, 0.15) is 34.8 Å². The minimum absolute atomic E-state index is 0.00176. The number of likely N-dealkylation sites (tertiary alicyclic amines) is 1. The van der Waals surface area contributed by atoms with Gasteiger partial charge in [0.15, 0.2) is 5.78 Å². The quantitative estimate of drug-likeness (QED) is 0.0980. The first-order valence-electron chi connectivity index (χ1n) is 20.2. The number of benzene rings is 2. The van der Waals surface area contributed by atoms with Crippen molar-refractivity contribution < 1.29 is 46.6 Å². The molecular weight excluding hydrogens is 789 g/mol. The third-order valence-electron chi connectivity index (χ3n) is 10.8. The molecule has 60 heavy (non-hydrogen) atoms. The van der Waals surface area contributed by atoms with Crippen LogP contribution < -0.4 is 19.5 Å². The van der Waals surface area contributed by atoms with Gasteiger partial charge in [-0.25, -0.2) is 13.4 Å². The summed E-state index contributed by atoms with van der Waals surface area (Å²) in [6.07, 6.45) is 2.75. The number of rotatable bonds is 17. The first kappa shape index (κ1) is 44.0. The van der Waals surface area contributed by atoms with Crippen molar-refractivity contribution in [3.63, 3.8) is 0 Å². The van der Waals surface area contributed by atoms with Gasteiger partial charge < -0.3 is 24.4 Å². The fourth-order valence-corrected chi connectivity index (χ4v) is 8.94. The number of nitrogens with one attached hydrogen (secondary N) is 2. The molecular formula is C45H54N4O10S. The summed E-state index contributed by atoms with van der Waals surface area (Å²) in [5.41, 5.74) is 0.359. The maximum absolute atomic E-state index is 14.8. The molecule has 6 rings (SSSR count). The second kappa shape index (κ2) is 17.6. The van der Waals surface area contributed by atoms with Crippen molar-refractivity contribution in [2.24, 2.45) is 11.8 Å². The van der Waals surface area contributed by atoms with Crippen molar-refractivity contribution in [1.29, 1.82) is 0 Å². The van der Waals surface area contributed by atoms with Crippen molar-refractivity contribution in [3.05, 3.63) is 78.9 Å². The first-order valence-corrected chi connectivity index (χ1v) is 21.8. The van der Waals surface area contributed by atoms with Gasteiger partial charge in [-0.2, -0.15) is 0 Å². The first-order chi connectivity index (χ1) is 28.3. The Bertz CT molecular complexity index is 2310. The van der Waals surface area contributed by atoms with E-state index in [1.165, 1.54) is 17.1 Å². The Hall–Kier alpha value is -5.57. The van der Waals surface area contributed by atoms with E-state index in [0.717, 1.165) is 11.1 Å². The number of methoxy groups -OCH3 is 1. The van der Waals surface area contributed by atoms with Crippen LogP contribution in [0.4, 0.5) is 0 Å². The molecule has 2 heterocycles. The van der Waals surface area contributed by atoms with Crippen LogP contribution in [-0.2, 0) is 38.7 Å². The number of sulfonamides is 1. The average Bonchev–Trinajstić information content (AvgIpc) is 4.12. The largest absolute Gasteiger partial charge is 0.497 e.